The van der Waals surface area contributed by atoms with Crippen LogP contribution >= 0.6 is 0 Å². The minimum atomic E-state index is 1.16. The number of hydrogen-bond donors (Lipinski definition) is 1. The second-order valence-electron chi connectivity index (χ2n) is 3.59. The molecule has 0 aromatic carbocycles. The van der Waals surface area contributed by atoms with Gasteiger partial charge in [-0.2, -0.15) is 0 Å². The zero-order valence-electron chi connectivity index (χ0n) is 8.51. The zero-order chi connectivity index (χ0) is 9.97. The SMILES string of the molecule is C=C/C=C\c1[nH]c2c(c1C)CCC=C2. The number of fused-ring (bicyclic) bond motifs is 1. The molecule has 0 saturated heterocycles. The van der Waals surface area contributed by atoms with Crippen LogP contribution in [0, 0.1) is 6.92 Å². The molecule has 1 heteroatoms. The fraction of sp³-hybridized carbons (Fsp3) is 0.231. The Morgan fingerprint density at radius 3 is 3.07 bits per heavy atom. The van der Waals surface area contributed by atoms with Gasteiger partial charge in [0.1, 0.15) is 0 Å². The smallest absolute Gasteiger partial charge is 0.0417 e. The lowest BCUT2D eigenvalue weighted by atomic mass is 10.0. The highest BCUT2D eigenvalue weighted by molar-refractivity contribution is 5.63. The number of H-pyrrole nitrogens is 1. The summed E-state index contributed by atoms with van der Waals surface area (Å²) in [6, 6.07) is 0. The standard InChI is InChI=1S/C13H15N/c1-3-4-8-12-10(2)11-7-5-6-9-13(11)14-12/h3-4,6,8-9,14H,1,5,7H2,2H3/b8-4-. The van der Waals surface area contributed by atoms with Gasteiger partial charge in [-0.3, -0.25) is 0 Å². The van der Waals surface area contributed by atoms with Gasteiger partial charge < -0.3 is 4.98 Å². The molecule has 0 atom stereocenters. The lowest BCUT2D eigenvalue weighted by Crippen LogP contribution is -1.91. The number of aromatic nitrogens is 1. The third-order valence-corrected chi connectivity index (χ3v) is 2.70. The van der Waals surface area contributed by atoms with E-state index in [1.54, 1.807) is 6.08 Å². The van der Waals surface area contributed by atoms with E-state index in [1.165, 1.54) is 22.5 Å². The first-order valence-electron chi connectivity index (χ1n) is 5.00. The highest BCUT2D eigenvalue weighted by Gasteiger charge is 2.12. The van der Waals surface area contributed by atoms with Gasteiger partial charge in [-0.1, -0.05) is 24.8 Å². The van der Waals surface area contributed by atoms with Crippen LogP contribution in [0.3, 0.4) is 0 Å². The zero-order valence-corrected chi connectivity index (χ0v) is 8.51. The third kappa shape index (κ3) is 1.46. The first-order chi connectivity index (χ1) is 6.83. The molecule has 1 N–H and O–H groups in total. The molecule has 0 bridgehead atoms. The summed E-state index contributed by atoms with van der Waals surface area (Å²) in [7, 11) is 0. The molecule has 1 aliphatic carbocycles. The van der Waals surface area contributed by atoms with Crippen molar-refractivity contribution in [2.75, 3.05) is 0 Å². The van der Waals surface area contributed by atoms with Crippen LogP contribution in [0.2, 0.25) is 0 Å². The van der Waals surface area contributed by atoms with E-state index in [9.17, 15) is 0 Å². The molecule has 0 fully saturated rings. The summed E-state index contributed by atoms with van der Waals surface area (Å²) in [5, 5.41) is 0. The number of aromatic amines is 1. The van der Waals surface area contributed by atoms with Crippen molar-refractivity contribution >= 4 is 12.2 Å². The van der Waals surface area contributed by atoms with Crippen LogP contribution in [0.5, 0.6) is 0 Å². The molecule has 72 valence electrons. The van der Waals surface area contributed by atoms with E-state index in [0.717, 1.165) is 12.8 Å². The monoisotopic (exact) mass is 185 g/mol. The van der Waals surface area contributed by atoms with Crippen molar-refractivity contribution in [1.82, 2.24) is 4.98 Å². The van der Waals surface area contributed by atoms with E-state index < -0.39 is 0 Å². The van der Waals surface area contributed by atoms with Gasteiger partial charge in [0.2, 0.25) is 0 Å². The Morgan fingerprint density at radius 1 is 1.50 bits per heavy atom. The van der Waals surface area contributed by atoms with E-state index in [-0.39, 0.29) is 0 Å². The number of rotatable bonds is 2. The lowest BCUT2D eigenvalue weighted by Gasteiger charge is -2.04. The maximum Gasteiger partial charge on any atom is 0.0417 e. The largest absolute Gasteiger partial charge is 0.355 e. The average Bonchev–Trinajstić information content (AvgIpc) is 2.54. The molecule has 0 aliphatic heterocycles. The molecule has 0 spiro atoms. The normalized spacial score (nSPS) is 14.6. The van der Waals surface area contributed by atoms with Crippen molar-refractivity contribution in [2.24, 2.45) is 0 Å². The fourth-order valence-electron chi connectivity index (χ4n) is 1.90. The first-order valence-corrected chi connectivity index (χ1v) is 5.00. The van der Waals surface area contributed by atoms with Crippen LogP contribution in [-0.2, 0) is 6.42 Å². The summed E-state index contributed by atoms with van der Waals surface area (Å²) in [4.78, 5) is 3.42. The van der Waals surface area contributed by atoms with Gasteiger partial charge in [0.25, 0.3) is 0 Å². The Labute approximate surface area is 84.9 Å². The van der Waals surface area contributed by atoms with Crippen molar-refractivity contribution in [2.45, 2.75) is 19.8 Å². The predicted molar refractivity (Wildman–Crippen MR) is 62.1 cm³/mol. The van der Waals surface area contributed by atoms with E-state index in [0.29, 0.717) is 0 Å². The van der Waals surface area contributed by atoms with E-state index in [2.05, 4.69) is 36.7 Å². The first kappa shape index (κ1) is 9.07. The van der Waals surface area contributed by atoms with Crippen LogP contribution in [0.1, 0.15) is 28.9 Å². The van der Waals surface area contributed by atoms with Crippen LogP contribution in [0.25, 0.3) is 12.2 Å². The maximum atomic E-state index is 3.67. The minimum Gasteiger partial charge on any atom is -0.355 e. The summed E-state index contributed by atoms with van der Waals surface area (Å²) >= 11 is 0. The van der Waals surface area contributed by atoms with Crippen molar-refractivity contribution in [1.29, 1.82) is 0 Å². The average molecular weight is 185 g/mol. The highest BCUT2D eigenvalue weighted by atomic mass is 14.7. The molecule has 0 saturated carbocycles. The Morgan fingerprint density at radius 2 is 2.36 bits per heavy atom. The summed E-state index contributed by atoms with van der Waals surface area (Å²) in [6.45, 7) is 5.85. The predicted octanol–water partition coefficient (Wildman–Crippen LogP) is 3.48. The van der Waals surface area contributed by atoms with Gasteiger partial charge in [-0.25, -0.2) is 0 Å². The molecule has 1 heterocycles. The topological polar surface area (TPSA) is 15.8 Å². The summed E-state index contributed by atoms with van der Waals surface area (Å²) in [5.74, 6) is 0. The summed E-state index contributed by atoms with van der Waals surface area (Å²) in [5.41, 5.74) is 5.33. The third-order valence-electron chi connectivity index (χ3n) is 2.70. The van der Waals surface area contributed by atoms with Crippen LogP contribution < -0.4 is 0 Å². The molecule has 0 amide bonds. The van der Waals surface area contributed by atoms with Gasteiger partial charge in [-0.15, -0.1) is 0 Å². The molecular formula is C13H15N. The molecule has 1 aromatic rings. The van der Waals surface area contributed by atoms with Gasteiger partial charge in [0, 0.05) is 11.4 Å². The van der Waals surface area contributed by atoms with Crippen LogP contribution in [0.15, 0.2) is 24.8 Å². The van der Waals surface area contributed by atoms with E-state index in [1.807, 2.05) is 6.08 Å². The van der Waals surface area contributed by atoms with Crippen LogP contribution in [0.4, 0.5) is 0 Å². The van der Waals surface area contributed by atoms with E-state index >= 15 is 0 Å². The van der Waals surface area contributed by atoms with Crippen molar-refractivity contribution in [3.63, 3.8) is 0 Å². The van der Waals surface area contributed by atoms with Crippen molar-refractivity contribution in [3.05, 3.63) is 47.3 Å². The number of allylic oxidation sites excluding steroid dienone is 3. The van der Waals surface area contributed by atoms with Gasteiger partial charge in [0.05, 0.1) is 0 Å². The molecule has 14 heavy (non-hydrogen) atoms. The molecule has 1 nitrogen and oxygen atoms in total. The van der Waals surface area contributed by atoms with Crippen molar-refractivity contribution < 1.29 is 0 Å². The number of hydrogen-bond acceptors (Lipinski definition) is 0. The molecule has 1 aliphatic rings. The Kier molecular flexibility index (Phi) is 2.40. The van der Waals surface area contributed by atoms with Gasteiger partial charge in [0.15, 0.2) is 0 Å². The van der Waals surface area contributed by atoms with Crippen LogP contribution in [-0.4, -0.2) is 4.98 Å². The summed E-state index contributed by atoms with van der Waals surface area (Å²) < 4.78 is 0. The van der Waals surface area contributed by atoms with Gasteiger partial charge >= 0.3 is 0 Å². The quantitative estimate of drug-likeness (QED) is 0.679. The summed E-state index contributed by atoms with van der Waals surface area (Å²) in [6.07, 6.45) is 12.6. The molecule has 0 unspecified atom stereocenters. The Hall–Kier alpha value is -1.50. The second-order valence-corrected chi connectivity index (χ2v) is 3.59. The van der Waals surface area contributed by atoms with Crippen molar-refractivity contribution in [3.8, 4) is 0 Å². The van der Waals surface area contributed by atoms with Gasteiger partial charge in [-0.05, 0) is 43.0 Å². The highest BCUT2D eigenvalue weighted by Crippen LogP contribution is 2.25. The lowest BCUT2D eigenvalue weighted by molar-refractivity contribution is 0.975. The fourth-order valence-corrected chi connectivity index (χ4v) is 1.90. The maximum absolute atomic E-state index is 3.67. The Balaban J connectivity index is 2.44. The molecule has 2 rings (SSSR count). The molecule has 0 radical (unpaired) electrons. The van der Waals surface area contributed by atoms with E-state index in [4.69, 9.17) is 0 Å². The second kappa shape index (κ2) is 3.70. The molecular weight excluding hydrogens is 170 g/mol. The Bertz CT molecular complexity index is 405. The molecule has 1 aromatic heterocycles. The number of nitrogens with one attached hydrogen (secondary N) is 1. The minimum absolute atomic E-state index is 1.16.